The molecule has 2 rings (SSSR count). The number of anilines is 2. The van der Waals surface area contributed by atoms with Crippen molar-refractivity contribution < 1.29 is 9.32 Å². The fraction of sp³-hybridized carbons (Fsp3) is 0.500. The fourth-order valence-corrected chi connectivity index (χ4v) is 1.73. The Kier molecular flexibility index (Phi) is 4.02. The molecule has 114 valence electrons. The van der Waals surface area contributed by atoms with Crippen LogP contribution in [-0.4, -0.2) is 26.9 Å². The Morgan fingerprint density at radius 2 is 2.14 bits per heavy atom. The van der Waals surface area contributed by atoms with Crippen LogP contribution in [0.1, 0.15) is 33.4 Å². The Bertz CT molecular complexity index is 623. The second-order valence-corrected chi connectivity index (χ2v) is 6.03. The van der Waals surface area contributed by atoms with Crippen molar-refractivity contribution in [2.24, 2.45) is 0 Å². The van der Waals surface area contributed by atoms with Crippen molar-refractivity contribution in [1.29, 1.82) is 0 Å². The highest BCUT2D eigenvalue weighted by Crippen LogP contribution is 2.16. The minimum absolute atomic E-state index is 0.0945. The lowest BCUT2D eigenvalue weighted by Gasteiger charge is -2.19. The van der Waals surface area contributed by atoms with Gasteiger partial charge in [-0.1, -0.05) is 5.16 Å². The molecule has 0 fully saturated rings. The van der Waals surface area contributed by atoms with Gasteiger partial charge in [0.1, 0.15) is 6.04 Å². The van der Waals surface area contributed by atoms with E-state index in [4.69, 9.17) is 4.52 Å². The van der Waals surface area contributed by atoms with Crippen LogP contribution in [0.2, 0.25) is 0 Å². The zero-order valence-electron chi connectivity index (χ0n) is 13.0. The molecule has 0 radical (unpaired) electrons. The molecule has 0 aliphatic carbocycles. The Hall–Kier alpha value is -2.31. The number of amides is 1. The average Bonchev–Trinajstić information content (AvgIpc) is 2.98. The highest BCUT2D eigenvalue weighted by atomic mass is 16.5. The van der Waals surface area contributed by atoms with Crippen LogP contribution in [0, 0.1) is 6.92 Å². The van der Waals surface area contributed by atoms with E-state index in [9.17, 15) is 4.79 Å². The molecule has 2 heterocycles. The SMILES string of the molecule is Cc1cc(NC(=O)[C@@H](C)Nc2cnn(C(C)(C)C)c2)on1. The molecule has 0 spiro atoms. The number of hydrogen-bond acceptors (Lipinski definition) is 5. The van der Waals surface area contributed by atoms with Crippen LogP contribution < -0.4 is 10.6 Å². The predicted molar refractivity (Wildman–Crippen MR) is 80.2 cm³/mol. The molecule has 0 aliphatic rings. The van der Waals surface area contributed by atoms with E-state index < -0.39 is 6.04 Å². The summed E-state index contributed by atoms with van der Waals surface area (Å²) in [6, 6.07) is 1.25. The summed E-state index contributed by atoms with van der Waals surface area (Å²) >= 11 is 0. The molecule has 0 unspecified atom stereocenters. The maximum atomic E-state index is 12.0. The van der Waals surface area contributed by atoms with Crippen LogP contribution in [0.25, 0.3) is 0 Å². The topological polar surface area (TPSA) is 85.0 Å². The molecule has 2 aromatic heterocycles. The molecule has 7 nitrogen and oxygen atoms in total. The zero-order chi connectivity index (χ0) is 15.6. The number of carbonyl (C=O) groups is 1. The smallest absolute Gasteiger partial charge is 0.248 e. The normalized spacial score (nSPS) is 13.0. The summed E-state index contributed by atoms with van der Waals surface area (Å²) in [5.74, 6) is 0.145. The van der Waals surface area contributed by atoms with E-state index in [1.54, 1.807) is 26.1 Å². The van der Waals surface area contributed by atoms with E-state index in [1.807, 2.05) is 10.9 Å². The third kappa shape index (κ3) is 3.84. The summed E-state index contributed by atoms with van der Waals surface area (Å²) in [7, 11) is 0. The van der Waals surface area contributed by atoms with E-state index in [2.05, 4.69) is 41.7 Å². The number of carbonyl (C=O) groups excluding carboxylic acids is 1. The van der Waals surface area contributed by atoms with Crippen molar-refractivity contribution >= 4 is 17.5 Å². The molecule has 0 saturated carbocycles. The highest BCUT2D eigenvalue weighted by Gasteiger charge is 2.18. The highest BCUT2D eigenvalue weighted by molar-refractivity contribution is 5.95. The molecule has 0 bridgehead atoms. The summed E-state index contributed by atoms with van der Waals surface area (Å²) in [6.07, 6.45) is 3.58. The van der Waals surface area contributed by atoms with Crippen molar-refractivity contribution in [3.8, 4) is 0 Å². The maximum Gasteiger partial charge on any atom is 0.248 e. The maximum absolute atomic E-state index is 12.0. The summed E-state index contributed by atoms with van der Waals surface area (Å²) < 4.78 is 6.80. The molecule has 0 aromatic carbocycles. The van der Waals surface area contributed by atoms with Crippen molar-refractivity contribution in [2.45, 2.75) is 46.2 Å². The van der Waals surface area contributed by atoms with Crippen LogP contribution in [0.5, 0.6) is 0 Å². The molecule has 2 N–H and O–H groups in total. The largest absolute Gasteiger partial charge is 0.371 e. The van der Waals surface area contributed by atoms with Crippen molar-refractivity contribution in [3.05, 3.63) is 24.2 Å². The molecule has 0 saturated heterocycles. The lowest BCUT2D eigenvalue weighted by atomic mass is 10.1. The molecule has 21 heavy (non-hydrogen) atoms. The minimum Gasteiger partial charge on any atom is -0.371 e. The van der Waals surface area contributed by atoms with Gasteiger partial charge in [-0.3, -0.25) is 14.8 Å². The van der Waals surface area contributed by atoms with Gasteiger partial charge in [0.2, 0.25) is 11.8 Å². The zero-order valence-corrected chi connectivity index (χ0v) is 13.0. The van der Waals surface area contributed by atoms with Crippen LogP contribution in [0.4, 0.5) is 11.6 Å². The van der Waals surface area contributed by atoms with Gasteiger partial charge in [-0.25, -0.2) is 0 Å². The third-order valence-electron chi connectivity index (χ3n) is 2.92. The number of nitrogens with zero attached hydrogens (tertiary/aromatic N) is 3. The standard InChI is InChI=1S/C14H21N5O2/c1-9-6-12(21-18-9)17-13(20)10(2)16-11-7-15-19(8-11)14(3,4)5/h6-8,10,16H,1-5H3,(H,17,20)/t10-/m1/s1. The lowest BCUT2D eigenvalue weighted by Crippen LogP contribution is -2.31. The van der Waals surface area contributed by atoms with Crippen molar-refractivity contribution in [3.63, 3.8) is 0 Å². The first-order valence-corrected chi connectivity index (χ1v) is 6.81. The summed E-state index contributed by atoms with van der Waals surface area (Å²) in [5.41, 5.74) is 1.42. The number of nitrogens with one attached hydrogen (secondary N) is 2. The second-order valence-electron chi connectivity index (χ2n) is 6.03. The average molecular weight is 291 g/mol. The number of aryl methyl sites for hydroxylation is 1. The van der Waals surface area contributed by atoms with Crippen molar-refractivity contribution in [2.75, 3.05) is 10.6 Å². The van der Waals surface area contributed by atoms with E-state index in [0.717, 1.165) is 11.4 Å². The van der Waals surface area contributed by atoms with E-state index in [-0.39, 0.29) is 11.4 Å². The molecular weight excluding hydrogens is 270 g/mol. The predicted octanol–water partition coefficient (Wildman–Crippen LogP) is 2.37. The monoisotopic (exact) mass is 291 g/mol. The summed E-state index contributed by atoms with van der Waals surface area (Å²) in [5, 5.41) is 13.8. The number of hydrogen-bond donors (Lipinski definition) is 2. The Morgan fingerprint density at radius 1 is 1.43 bits per heavy atom. The quantitative estimate of drug-likeness (QED) is 0.903. The van der Waals surface area contributed by atoms with Gasteiger partial charge in [-0.2, -0.15) is 5.10 Å². The molecular formula is C14H21N5O2. The summed E-state index contributed by atoms with van der Waals surface area (Å²) in [6.45, 7) is 9.75. The lowest BCUT2D eigenvalue weighted by molar-refractivity contribution is -0.116. The molecule has 0 aliphatic heterocycles. The van der Waals surface area contributed by atoms with Gasteiger partial charge in [0.15, 0.2) is 0 Å². The van der Waals surface area contributed by atoms with Crippen molar-refractivity contribution in [1.82, 2.24) is 14.9 Å². The molecule has 2 aromatic rings. The first-order valence-electron chi connectivity index (χ1n) is 6.81. The molecule has 7 heteroatoms. The van der Waals surface area contributed by atoms with Crippen LogP contribution in [0.15, 0.2) is 23.0 Å². The van der Waals surface area contributed by atoms with Crippen LogP contribution in [0.3, 0.4) is 0 Å². The number of rotatable bonds is 4. The Balaban J connectivity index is 1.96. The van der Waals surface area contributed by atoms with E-state index >= 15 is 0 Å². The van der Waals surface area contributed by atoms with Gasteiger partial charge in [0.25, 0.3) is 0 Å². The molecule has 1 atom stereocenters. The van der Waals surface area contributed by atoms with Crippen LogP contribution >= 0.6 is 0 Å². The first-order chi connectivity index (χ1) is 9.75. The van der Waals surface area contributed by atoms with Gasteiger partial charge in [0, 0.05) is 12.3 Å². The van der Waals surface area contributed by atoms with Gasteiger partial charge in [-0.05, 0) is 34.6 Å². The second kappa shape index (κ2) is 5.59. The molecule has 1 amide bonds. The number of aromatic nitrogens is 3. The van der Waals surface area contributed by atoms with Gasteiger partial charge >= 0.3 is 0 Å². The van der Waals surface area contributed by atoms with Crippen LogP contribution in [-0.2, 0) is 10.3 Å². The first kappa shape index (κ1) is 15.1. The Morgan fingerprint density at radius 3 is 2.67 bits per heavy atom. The van der Waals surface area contributed by atoms with E-state index in [0.29, 0.717) is 5.88 Å². The third-order valence-corrected chi connectivity index (χ3v) is 2.92. The Labute approximate surface area is 123 Å². The van der Waals surface area contributed by atoms with Gasteiger partial charge in [-0.15, -0.1) is 0 Å². The van der Waals surface area contributed by atoms with Gasteiger partial charge < -0.3 is 9.84 Å². The van der Waals surface area contributed by atoms with E-state index in [1.165, 1.54) is 0 Å². The van der Waals surface area contributed by atoms with Gasteiger partial charge in [0.05, 0.1) is 23.1 Å². The minimum atomic E-state index is -0.423. The fourth-order valence-electron chi connectivity index (χ4n) is 1.73. The summed E-state index contributed by atoms with van der Waals surface area (Å²) in [4.78, 5) is 12.0.